The van der Waals surface area contributed by atoms with Crippen molar-refractivity contribution >= 4 is 22.4 Å². The van der Waals surface area contributed by atoms with Gasteiger partial charge in [0.2, 0.25) is 0 Å². The maximum Gasteiger partial charge on any atom is 0.257 e. The minimum absolute atomic E-state index is 0.363. The quantitative estimate of drug-likeness (QED) is 0.393. The summed E-state index contributed by atoms with van der Waals surface area (Å²) in [6.07, 6.45) is 4.86. The van der Waals surface area contributed by atoms with Crippen molar-refractivity contribution in [1.29, 1.82) is 0 Å². The Hall–Kier alpha value is -3.03. The number of fused-ring (bicyclic) bond motifs is 1. The fraction of sp³-hybridized carbons (Fsp3) is 0.385. The number of halogens is 1. The summed E-state index contributed by atoms with van der Waals surface area (Å²) in [6.45, 7) is 9.71. The van der Waals surface area contributed by atoms with Gasteiger partial charge in [0.05, 0.1) is 23.7 Å². The standard InChI is InChI=1S/C26H31FN4O2/c1-4-30(5-2)13-14-31-24-15-19(9-10-21(24)17-28-31)20-11-12-26(16-20,25(32)29-33)22-7-6-8-23(27)18(22)3/h6-10,15-17,33H,4-5,11-14H2,1-3H3,(H,29,32)/t26-/m0/s1. The van der Waals surface area contributed by atoms with Crippen molar-refractivity contribution in [2.75, 3.05) is 19.6 Å². The van der Waals surface area contributed by atoms with Crippen LogP contribution in [0.15, 0.2) is 48.7 Å². The van der Waals surface area contributed by atoms with E-state index in [1.54, 1.807) is 19.1 Å². The number of hydroxylamine groups is 1. The smallest absolute Gasteiger partial charge is 0.257 e. The first kappa shape index (κ1) is 23.1. The summed E-state index contributed by atoms with van der Waals surface area (Å²) in [5.41, 5.74) is 4.75. The zero-order valence-corrected chi connectivity index (χ0v) is 19.4. The molecule has 6 nitrogen and oxygen atoms in total. The van der Waals surface area contributed by atoms with E-state index in [1.807, 2.05) is 34.6 Å². The van der Waals surface area contributed by atoms with E-state index in [0.717, 1.165) is 48.2 Å². The summed E-state index contributed by atoms with van der Waals surface area (Å²) >= 11 is 0. The van der Waals surface area contributed by atoms with Crippen molar-refractivity contribution in [2.45, 2.75) is 45.6 Å². The lowest BCUT2D eigenvalue weighted by Crippen LogP contribution is -2.41. The van der Waals surface area contributed by atoms with Crippen LogP contribution in [0.1, 0.15) is 43.4 Å². The topological polar surface area (TPSA) is 70.4 Å². The molecular formula is C26H31FN4O2. The summed E-state index contributed by atoms with van der Waals surface area (Å²) in [5, 5.41) is 15.1. The molecular weight excluding hydrogens is 419 g/mol. The fourth-order valence-corrected chi connectivity index (χ4v) is 4.93. The summed E-state index contributed by atoms with van der Waals surface area (Å²) in [6, 6.07) is 11.0. The Labute approximate surface area is 193 Å². The molecule has 33 heavy (non-hydrogen) atoms. The lowest BCUT2D eigenvalue weighted by Gasteiger charge is -2.27. The van der Waals surface area contributed by atoms with Gasteiger partial charge in [-0.3, -0.25) is 14.7 Å². The molecule has 0 spiro atoms. The van der Waals surface area contributed by atoms with Crippen LogP contribution in [0.4, 0.5) is 4.39 Å². The molecule has 2 N–H and O–H groups in total. The summed E-state index contributed by atoms with van der Waals surface area (Å²) in [5.74, 6) is -0.908. The summed E-state index contributed by atoms with van der Waals surface area (Å²) in [4.78, 5) is 15.2. The predicted molar refractivity (Wildman–Crippen MR) is 127 cm³/mol. The van der Waals surface area contributed by atoms with Gasteiger partial charge in [0.25, 0.3) is 5.91 Å². The van der Waals surface area contributed by atoms with Crippen molar-refractivity contribution in [1.82, 2.24) is 20.2 Å². The zero-order chi connectivity index (χ0) is 23.6. The molecule has 7 heteroatoms. The molecule has 1 aliphatic rings. The SMILES string of the molecule is CCN(CC)CCn1ncc2ccc(C3=C[C@](C(=O)NO)(c4cccc(F)c4C)CC3)cc21. The first-order chi connectivity index (χ1) is 15.9. The first-order valence-corrected chi connectivity index (χ1v) is 11.5. The lowest BCUT2D eigenvalue weighted by molar-refractivity contribution is -0.133. The van der Waals surface area contributed by atoms with Crippen LogP contribution in [-0.2, 0) is 16.8 Å². The number of hydrogen-bond donors (Lipinski definition) is 2. The van der Waals surface area contributed by atoms with Crippen LogP contribution in [-0.4, -0.2) is 45.4 Å². The summed E-state index contributed by atoms with van der Waals surface area (Å²) in [7, 11) is 0. The van der Waals surface area contributed by atoms with E-state index in [0.29, 0.717) is 24.0 Å². The van der Waals surface area contributed by atoms with E-state index in [-0.39, 0.29) is 5.82 Å². The van der Waals surface area contributed by atoms with Crippen molar-refractivity contribution in [3.63, 3.8) is 0 Å². The van der Waals surface area contributed by atoms with Gasteiger partial charge in [-0.2, -0.15) is 5.10 Å². The van der Waals surface area contributed by atoms with Gasteiger partial charge in [-0.15, -0.1) is 0 Å². The Bertz CT molecular complexity index is 1200. The number of aromatic nitrogens is 2. The predicted octanol–water partition coefficient (Wildman–Crippen LogP) is 4.45. The third kappa shape index (κ3) is 4.18. The van der Waals surface area contributed by atoms with Crippen LogP contribution in [0.2, 0.25) is 0 Å². The van der Waals surface area contributed by atoms with Crippen LogP contribution >= 0.6 is 0 Å². The molecule has 3 aromatic rings. The summed E-state index contributed by atoms with van der Waals surface area (Å²) < 4.78 is 16.4. The number of carbonyl (C=O) groups is 1. The number of carbonyl (C=O) groups excluding carboxylic acids is 1. The third-order valence-electron chi connectivity index (χ3n) is 7.00. The highest BCUT2D eigenvalue weighted by Gasteiger charge is 2.43. The number of benzene rings is 2. The molecule has 0 aliphatic heterocycles. The van der Waals surface area contributed by atoms with Gasteiger partial charge in [0.15, 0.2) is 0 Å². The number of likely N-dealkylation sites (N-methyl/N-ethyl adjacent to an activating group) is 1. The molecule has 174 valence electrons. The second-order valence-electron chi connectivity index (χ2n) is 8.66. The van der Waals surface area contributed by atoms with E-state index in [9.17, 15) is 14.4 Å². The van der Waals surface area contributed by atoms with E-state index >= 15 is 0 Å². The van der Waals surface area contributed by atoms with Gasteiger partial charge >= 0.3 is 0 Å². The molecule has 1 aromatic heterocycles. The molecule has 2 aromatic carbocycles. The number of nitrogens with zero attached hydrogens (tertiary/aromatic N) is 3. The van der Waals surface area contributed by atoms with E-state index < -0.39 is 11.3 Å². The molecule has 0 radical (unpaired) electrons. The van der Waals surface area contributed by atoms with Crippen molar-refractivity contribution in [3.8, 4) is 0 Å². The van der Waals surface area contributed by atoms with Gasteiger partial charge in [-0.25, -0.2) is 9.87 Å². The molecule has 0 saturated heterocycles. The average Bonchev–Trinajstić information content (AvgIpc) is 3.46. The second kappa shape index (κ2) is 9.45. The molecule has 4 rings (SSSR count). The van der Waals surface area contributed by atoms with Crippen LogP contribution in [0.5, 0.6) is 0 Å². The van der Waals surface area contributed by atoms with E-state index in [1.165, 1.54) is 6.07 Å². The highest BCUT2D eigenvalue weighted by Crippen LogP contribution is 2.44. The lowest BCUT2D eigenvalue weighted by atomic mass is 9.77. The molecule has 1 heterocycles. The van der Waals surface area contributed by atoms with Crippen molar-refractivity contribution in [2.24, 2.45) is 0 Å². The number of hydrogen-bond acceptors (Lipinski definition) is 4. The van der Waals surface area contributed by atoms with E-state index in [4.69, 9.17) is 0 Å². The zero-order valence-electron chi connectivity index (χ0n) is 19.4. The average molecular weight is 451 g/mol. The number of allylic oxidation sites excluding steroid dienone is 1. The monoisotopic (exact) mass is 450 g/mol. The largest absolute Gasteiger partial charge is 0.302 e. The van der Waals surface area contributed by atoms with Crippen molar-refractivity contribution < 1.29 is 14.4 Å². The molecule has 1 amide bonds. The van der Waals surface area contributed by atoms with Crippen LogP contribution < -0.4 is 5.48 Å². The van der Waals surface area contributed by atoms with Crippen molar-refractivity contribution in [3.05, 3.63) is 71.2 Å². The third-order valence-corrected chi connectivity index (χ3v) is 7.00. The minimum atomic E-state index is -1.12. The molecule has 0 saturated carbocycles. The maximum absolute atomic E-state index is 14.3. The molecule has 0 fully saturated rings. The van der Waals surface area contributed by atoms with Crippen LogP contribution in [0.25, 0.3) is 16.5 Å². The van der Waals surface area contributed by atoms with Crippen LogP contribution in [0.3, 0.4) is 0 Å². The Morgan fingerprint density at radius 2 is 2.06 bits per heavy atom. The molecule has 1 aliphatic carbocycles. The number of amides is 1. The van der Waals surface area contributed by atoms with Gasteiger partial charge in [0, 0.05) is 11.9 Å². The Kier molecular flexibility index (Phi) is 6.63. The van der Waals surface area contributed by atoms with Gasteiger partial charge in [-0.1, -0.05) is 44.2 Å². The van der Waals surface area contributed by atoms with E-state index in [2.05, 4.69) is 29.9 Å². The van der Waals surface area contributed by atoms with Gasteiger partial charge in [0.1, 0.15) is 5.82 Å². The molecule has 0 unspecified atom stereocenters. The van der Waals surface area contributed by atoms with Crippen LogP contribution in [0, 0.1) is 12.7 Å². The second-order valence-corrected chi connectivity index (χ2v) is 8.66. The van der Waals surface area contributed by atoms with Gasteiger partial charge in [-0.05, 0) is 67.3 Å². The number of rotatable bonds is 8. The minimum Gasteiger partial charge on any atom is -0.302 e. The number of nitrogens with one attached hydrogen (secondary N) is 1. The molecule has 0 bridgehead atoms. The highest BCUT2D eigenvalue weighted by molar-refractivity contribution is 5.95. The Balaban J connectivity index is 1.72. The Morgan fingerprint density at radius 3 is 2.79 bits per heavy atom. The maximum atomic E-state index is 14.3. The highest BCUT2D eigenvalue weighted by atomic mass is 19.1. The molecule has 1 atom stereocenters. The Morgan fingerprint density at radius 1 is 1.27 bits per heavy atom. The van der Waals surface area contributed by atoms with Gasteiger partial charge < -0.3 is 4.90 Å². The normalized spacial score (nSPS) is 18.2. The first-order valence-electron chi connectivity index (χ1n) is 11.5. The fourth-order valence-electron chi connectivity index (χ4n) is 4.93.